The molecule has 0 aliphatic rings. The minimum atomic E-state index is -0.443. The predicted molar refractivity (Wildman–Crippen MR) is 133 cm³/mol. The van der Waals surface area contributed by atoms with E-state index >= 15 is 0 Å². The van der Waals surface area contributed by atoms with Gasteiger partial charge >= 0.3 is 0 Å². The van der Waals surface area contributed by atoms with Crippen LogP contribution >= 0.6 is 11.8 Å². The molecule has 0 aliphatic heterocycles. The Bertz CT molecular complexity index is 1300. The molecule has 0 bridgehead atoms. The van der Waals surface area contributed by atoms with Crippen molar-refractivity contribution in [1.29, 1.82) is 0 Å². The number of Topliss-reactive ketones (excluding diaryl/α,β-unsaturated/α-hetero) is 1. The molecule has 0 unspecified atom stereocenters. The normalized spacial score (nSPS) is 11.1. The number of para-hydroxylation sites is 2. The highest BCUT2D eigenvalue weighted by Crippen LogP contribution is 2.26. The molecule has 4 rings (SSSR count). The predicted octanol–water partition coefficient (Wildman–Crippen LogP) is 5.03. The average Bonchev–Trinajstić information content (AvgIpc) is 3.41. The van der Waals surface area contributed by atoms with Crippen LogP contribution in [0.15, 0.2) is 65.8 Å². The number of rotatable bonds is 11. The summed E-state index contributed by atoms with van der Waals surface area (Å²) in [7, 11) is 1.66. The average molecular weight is 495 g/mol. The van der Waals surface area contributed by atoms with Crippen molar-refractivity contribution < 1.29 is 18.7 Å². The third-order valence-electron chi connectivity index (χ3n) is 5.63. The number of hydrogen-bond donors (Lipinski definition) is 0. The molecule has 0 N–H and O–H groups in total. The molecule has 2 aromatic heterocycles. The molecule has 0 amide bonds. The van der Waals surface area contributed by atoms with E-state index < -0.39 is 5.82 Å². The van der Waals surface area contributed by atoms with Gasteiger partial charge in [0, 0.05) is 36.3 Å². The zero-order chi connectivity index (χ0) is 24.8. The Hall–Kier alpha value is -3.43. The monoisotopic (exact) mass is 494 g/mol. The number of aromatic nitrogens is 4. The van der Waals surface area contributed by atoms with E-state index in [0.29, 0.717) is 29.7 Å². The van der Waals surface area contributed by atoms with Crippen molar-refractivity contribution in [2.75, 3.05) is 19.5 Å². The van der Waals surface area contributed by atoms with Crippen molar-refractivity contribution in [3.63, 3.8) is 0 Å². The number of ketones is 1. The topological polar surface area (TPSA) is 71.2 Å². The van der Waals surface area contributed by atoms with E-state index in [-0.39, 0.29) is 23.9 Å². The molecule has 182 valence electrons. The van der Waals surface area contributed by atoms with Crippen molar-refractivity contribution in [1.82, 2.24) is 19.3 Å². The van der Waals surface area contributed by atoms with E-state index in [2.05, 4.69) is 14.8 Å². The van der Waals surface area contributed by atoms with Gasteiger partial charge < -0.3 is 14.0 Å². The molecular formula is C26H27FN4O3S. The molecule has 7 nitrogen and oxygen atoms in total. The maximum Gasteiger partial charge on any atom is 0.196 e. The zero-order valence-electron chi connectivity index (χ0n) is 19.9. The summed E-state index contributed by atoms with van der Waals surface area (Å²) in [6.45, 7) is 5.24. The molecule has 0 spiro atoms. The molecule has 4 aromatic rings. The van der Waals surface area contributed by atoms with Gasteiger partial charge in [0.15, 0.2) is 28.3 Å². The van der Waals surface area contributed by atoms with Crippen LogP contribution < -0.4 is 4.74 Å². The molecule has 0 saturated carbocycles. The molecule has 35 heavy (non-hydrogen) atoms. The second kappa shape index (κ2) is 11.3. The fraction of sp³-hybridized carbons (Fsp3) is 0.269. The molecule has 0 atom stereocenters. The number of benzene rings is 2. The molecule has 0 saturated heterocycles. The first-order chi connectivity index (χ1) is 17.0. The molecule has 0 radical (unpaired) electrons. The number of thioether (sulfide) groups is 1. The third-order valence-corrected chi connectivity index (χ3v) is 6.56. The minimum Gasteiger partial charge on any atom is -0.483 e. The lowest BCUT2D eigenvalue weighted by Crippen LogP contribution is -2.10. The minimum absolute atomic E-state index is 0.0125. The summed E-state index contributed by atoms with van der Waals surface area (Å²) in [6.07, 6.45) is 0. The number of carbonyl (C=O) groups excluding carboxylic acids is 1. The number of methoxy groups -OCH3 is 1. The molecular weight excluding hydrogens is 467 g/mol. The van der Waals surface area contributed by atoms with Gasteiger partial charge in [-0.05, 0) is 44.2 Å². The molecule has 2 aromatic carbocycles. The van der Waals surface area contributed by atoms with E-state index in [1.165, 1.54) is 17.8 Å². The van der Waals surface area contributed by atoms with E-state index in [1.807, 2.05) is 54.8 Å². The summed E-state index contributed by atoms with van der Waals surface area (Å²) < 4.78 is 28.8. The first kappa shape index (κ1) is 24.7. The van der Waals surface area contributed by atoms with Gasteiger partial charge in [-0.2, -0.15) is 0 Å². The van der Waals surface area contributed by atoms with Gasteiger partial charge in [-0.3, -0.25) is 9.36 Å². The fourth-order valence-electron chi connectivity index (χ4n) is 3.85. The van der Waals surface area contributed by atoms with Crippen molar-refractivity contribution in [3.8, 4) is 11.4 Å². The number of ether oxygens (including phenoxy) is 2. The Balaban J connectivity index is 1.54. The van der Waals surface area contributed by atoms with Crippen LogP contribution in [-0.4, -0.2) is 44.6 Å². The van der Waals surface area contributed by atoms with Gasteiger partial charge in [0.2, 0.25) is 0 Å². The van der Waals surface area contributed by atoms with Gasteiger partial charge in [0.1, 0.15) is 6.61 Å². The Morgan fingerprint density at radius 2 is 1.80 bits per heavy atom. The smallest absolute Gasteiger partial charge is 0.196 e. The van der Waals surface area contributed by atoms with E-state index in [9.17, 15) is 9.18 Å². The number of carbonyl (C=O) groups is 1. The van der Waals surface area contributed by atoms with Crippen LogP contribution in [0.5, 0.6) is 5.75 Å². The van der Waals surface area contributed by atoms with Crippen LogP contribution in [0.2, 0.25) is 0 Å². The van der Waals surface area contributed by atoms with Crippen LogP contribution in [-0.2, 0) is 17.9 Å². The summed E-state index contributed by atoms with van der Waals surface area (Å²) in [4.78, 5) is 13.1. The van der Waals surface area contributed by atoms with Gasteiger partial charge in [-0.15, -0.1) is 10.2 Å². The summed E-state index contributed by atoms with van der Waals surface area (Å²) in [6, 6.07) is 17.7. The Labute approximate surface area is 207 Å². The maximum absolute atomic E-state index is 14.0. The Morgan fingerprint density at radius 3 is 2.54 bits per heavy atom. The van der Waals surface area contributed by atoms with Crippen LogP contribution in [0, 0.1) is 19.7 Å². The number of halogens is 1. The number of aryl methyl sites for hydroxylation is 1. The number of nitrogens with zero attached hydrogens (tertiary/aromatic N) is 4. The zero-order valence-corrected chi connectivity index (χ0v) is 20.7. The Kier molecular flexibility index (Phi) is 7.99. The van der Waals surface area contributed by atoms with E-state index in [1.54, 1.807) is 25.3 Å². The molecule has 2 heterocycles. The van der Waals surface area contributed by atoms with E-state index in [4.69, 9.17) is 9.47 Å². The molecule has 0 aliphatic carbocycles. The van der Waals surface area contributed by atoms with Gasteiger partial charge in [-0.1, -0.05) is 42.1 Å². The highest BCUT2D eigenvalue weighted by Gasteiger charge is 2.20. The van der Waals surface area contributed by atoms with Crippen LogP contribution in [0.1, 0.15) is 27.6 Å². The van der Waals surface area contributed by atoms with Gasteiger partial charge in [0.05, 0.1) is 12.4 Å². The summed E-state index contributed by atoms with van der Waals surface area (Å²) in [5, 5.41) is 9.14. The SMILES string of the molecule is COCCn1c(C)cc(C(=O)CSc2nnc(COc3ccccc3F)n2-c2ccccc2)c1C. The molecule has 0 fully saturated rings. The lowest BCUT2D eigenvalue weighted by atomic mass is 10.2. The summed E-state index contributed by atoms with van der Waals surface area (Å²) >= 11 is 1.31. The lowest BCUT2D eigenvalue weighted by molar-refractivity contribution is 0.102. The maximum atomic E-state index is 14.0. The van der Waals surface area contributed by atoms with Crippen molar-refractivity contribution in [2.24, 2.45) is 0 Å². The van der Waals surface area contributed by atoms with Crippen molar-refractivity contribution in [2.45, 2.75) is 32.2 Å². The first-order valence-corrected chi connectivity index (χ1v) is 12.2. The van der Waals surface area contributed by atoms with Crippen LogP contribution in [0.25, 0.3) is 5.69 Å². The quantitative estimate of drug-likeness (QED) is 0.215. The Morgan fingerprint density at radius 1 is 1.06 bits per heavy atom. The van der Waals surface area contributed by atoms with Crippen molar-refractivity contribution in [3.05, 3.63) is 89.3 Å². The van der Waals surface area contributed by atoms with Gasteiger partial charge in [0.25, 0.3) is 0 Å². The second-order valence-electron chi connectivity index (χ2n) is 7.93. The van der Waals surface area contributed by atoms with Crippen molar-refractivity contribution >= 4 is 17.5 Å². The van der Waals surface area contributed by atoms with Crippen LogP contribution in [0.3, 0.4) is 0 Å². The standard InChI is InChI=1S/C26H27FN4O3S/c1-18-15-21(19(2)30(18)13-14-33-3)23(32)17-35-26-29-28-25(31(26)20-9-5-4-6-10-20)16-34-24-12-8-7-11-22(24)27/h4-12,15H,13-14,16-17H2,1-3H3. The molecule has 9 heteroatoms. The summed E-state index contributed by atoms with van der Waals surface area (Å²) in [5.41, 5.74) is 3.47. The van der Waals surface area contributed by atoms with Crippen LogP contribution in [0.4, 0.5) is 4.39 Å². The van der Waals surface area contributed by atoms with Gasteiger partial charge in [-0.25, -0.2) is 4.39 Å². The second-order valence-corrected chi connectivity index (χ2v) is 8.87. The number of hydrogen-bond acceptors (Lipinski definition) is 6. The fourth-order valence-corrected chi connectivity index (χ4v) is 4.70. The third kappa shape index (κ3) is 5.63. The largest absolute Gasteiger partial charge is 0.483 e. The summed E-state index contributed by atoms with van der Waals surface area (Å²) in [5.74, 6) is 0.420. The first-order valence-electron chi connectivity index (χ1n) is 11.2. The highest BCUT2D eigenvalue weighted by molar-refractivity contribution is 7.99. The lowest BCUT2D eigenvalue weighted by Gasteiger charge is -2.11. The highest BCUT2D eigenvalue weighted by atomic mass is 32.2. The van der Waals surface area contributed by atoms with E-state index in [0.717, 1.165) is 17.1 Å².